The largest absolute Gasteiger partial charge is 0.376 e. The first-order valence-electron chi connectivity index (χ1n) is 6.32. The van der Waals surface area contributed by atoms with Crippen LogP contribution in [0.25, 0.3) is 0 Å². The fraction of sp³-hybridized carbons (Fsp3) is 0.833. The van der Waals surface area contributed by atoms with Crippen molar-refractivity contribution in [1.29, 1.82) is 0 Å². The molecule has 0 amide bonds. The van der Waals surface area contributed by atoms with Crippen molar-refractivity contribution in [2.24, 2.45) is 5.73 Å². The van der Waals surface area contributed by atoms with Crippen LogP contribution in [0.5, 0.6) is 0 Å². The fourth-order valence-corrected chi connectivity index (χ4v) is 1.66. The van der Waals surface area contributed by atoms with E-state index in [0.717, 1.165) is 6.26 Å². The minimum Gasteiger partial charge on any atom is -0.376 e. The van der Waals surface area contributed by atoms with Gasteiger partial charge in [0.1, 0.15) is 10.3 Å². The van der Waals surface area contributed by atoms with E-state index < -0.39 is 20.1 Å². The Kier molecular flexibility index (Phi) is 4.62. The Morgan fingerprint density at radius 1 is 1.35 bits per heavy atom. The van der Waals surface area contributed by atoms with E-state index in [0.29, 0.717) is 0 Å². The summed E-state index contributed by atoms with van der Waals surface area (Å²) in [5.41, 5.74) is 5.15. The normalized spacial score (nSPS) is 16.4. The Bertz CT molecular complexity index is 561. The van der Waals surface area contributed by atoms with Gasteiger partial charge in [-0.2, -0.15) is 4.98 Å². The minimum absolute atomic E-state index is 0.0243. The molecule has 0 saturated heterocycles. The van der Waals surface area contributed by atoms with Crippen molar-refractivity contribution < 1.29 is 17.7 Å². The van der Waals surface area contributed by atoms with Crippen molar-refractivity contribution in [3.8, 4) is 0 Å². The highest BCUT2D eigenvalue weighted by Gasteiger charge is 2.40. The average molecular weight is 305 g/mol. The molecule has 1 rings (SSSR count). The molecule has 8 heteroatoms. The summed E-state index contributed by atoms with van der Waals surface area (Å²) < 4.78 is 32.8. The van der Waals surface area contributed by atoms with Crippen LogP contribution >= 0.6 is 0 Å². The predicted octanol–water partition coefficient (Wildman–Crippen LogP) is 0.948. The lowest BCUT2D eigenvalue weighted by Gasteiger charge is -2.22. The van der Waals surface area contributed by atoms with Crippen molar-refractivity contribution in [1.82, 2.24) is 10.1 Å². The van der Waals surface area contributed by atoms with Crippen LogP contribution in [0.1, 0.15) is 46.3 Å². The van der Waals surface area contributed by atoms with Crippen LogP contribution < -0.4 is 5.73 Å². The second kappa shape index (κ2) is 5.42. The molecule has 20 heavy (non-hydrogen) atoms. The number of hydrogen-bond acceptors (Lipinski definition) is 7. The monoisotopic (exact) mass is 305 g/mol. The van der Waals surface area contributed by atoms with Gasteiger partial charge in [-0.15, -0.1) is 0 Å². The summed E-state index contributed by atoms with van der Waals surface area (Å²) in [6, 6.07) is 0. The van der Waals surface area contributed by atoms with Gasteiger partial charge in [0.05, 0.1) is 12.7 Å². The van der Waals surface area contributed by atoms with Crippen LogP contribution in [-0.4, -0.2) is 37.5 Å². The van der Waals surface area contributed by atoms with Crippen LogP contribution in [-0.2, 0) is 24.9 Å². The highest BCUT2D eigenvalue weighted by atomic mass is 32.2. The van der Waals surface area contributed by atoms with Gasteiger partial charge in [0.15, 0.2) is 15.7 Å². The summed E-state index contributed by atoms with van der Waals surface area (Å²) in [5, 5.41) is 3.79. The standard InChI is InChI=1S/C12H23N3O4S/c1-8(2)18-7-12(5,13)9-14-10(19-15-9)11(3,4)20(6,16)17/h8H,7,13H2,1-6H3. The fourth-order valence-electron chi connectivity index (χ4n) is 1.26. The topological polar surface area (TPSA) is 108 Å². The molecule has 1 aromatic rings. The SMILES string of the molecule is CC(C)OCC(C)(N)c1noc(C(C)(C)S(C)(=O)=O)n1. The van der Waals surface area contributed by atoms with E-state index in [9.17, 15) is 8.42 Å². The van der Waals surface area contributed by atoms with Gasteiger partial charge in [-0.1, -0.05) is 5.16 Å². The summed E-state index contributed by atoms with van der Waals surface area (Å²) in [6.07, 6.45) is 1.15. The summed E-state index contributed by atoms with van der Waals surface area (Å²) >= 11 is 0. The van der Waals surface area contributed by atoms with Crippen molar-refractivity contribution in [3.63, 3.8) is 0 Å². The van der Waals surface area contributed by atoms with Gasteiger partial charge in [-0.05, 0) is 34.6 Å². The molecule has 1 aromatic heterocycles. The number of sulfone groups is 1. The Hall–Kier alpha value is -0.990. The second-order valence-electron chi connectivity index (χ2n) is 5.98. The van der Waals surface area contributed by atoms with E-state index in [1.807, 2.05) is 13.8 Å². The van der Waals surface area contributed by atoms with Crippen LogP contribution in [0.15, 0.2) is 4.52 Å². The van der Waals surface area contributed by atoms with Gasteiger partial charge in [0, 0.05) is 6.26 Å². The molecule has 1 atom stereocenters. The maximum atomic E-state index is 11.7. The molecule has 1 unspecified atom stereocenters. The van der Waals surface area contributed by atoms with Gasteiger partial charge in [0.2, 0.25) is 5.89 Å². The van der Waals surface area contributed by atoms with E-state index >= 15 is 0 Å². The number of hydrogen-bond donors (Lipinski definition) is 1. The number of aromatic nitrogens is 2. The van der Waals surface area contributed by atoms with E-state index in [2.05, 4.69) is 10.1 Å². The molecule has 0 spiro atoms. The summed E-state index contributed by atoms with van der Waals surface area (Å²) in [5.74, 6) is 0.251. The average Bonchev–Trinajstić information content (AvgIpc) is 2.75. The zero-order valence-electron chi connectivity index (χ0n) is 12.8. The summed E-state index contributed by atoms with van der Waals surface area (Å²) in [4.78, 5) is 4.14. The van der Waals surface area contributed by atoms with Gasteiger partial charge in [0.25, 0.3) is 0 Å². The molecule has 0 aliphatic heterocycles. The molecule has 0 fully saturated rings. The third kappa shape index (κ3) is 3.56. The molecule has 116 valence electrons. The Morgan fingerprint density at radius 3 is 2.35 bits per heavy atom. The van der Waals surface area contributed by atoms with Crippen LogP contribution in [0, 0.1) is 0 Å². The lowest BCUT2D eigenvalue weighted by Crippen LogP contribution is -2.40. The molecule has 2 N–H and O–H groups in total. The van der Waals surface area contributed by atoms with Gasteiger partial charge >= 0.3 is 0 Å². The maximum Gasteiger partial charge on any atom is 0.247 e. The van der Waals surface area contributed by atoms with E-state index in [4.69, 9.17) is 15.0 Å². The third-order valence-electron chi connectivity index (χ3n) is 3.10. The zero-order chi connectivity index (χ0) is 15.8. The second-order valence-corrected chi connectivity index (χ2v) is 8.55. The van der Waals surface area contributed by atoms with E-state index in [1.54, 1.807) is 6.92 Å². The molecule has 0 radical (unpaired) electrons. The smallest absolute Gasteiger partial charge is 0.247 e. The van der Waals surface area contributed by atoms with Crippen molar-refractivity contribution in [2.45, 2.75) is 51.0 Å². The van der Waals surface area contributed by atoms with Crippen LogP contribution in [0.3, 0.4) is 0 Å². The molecule has 0 bridgehead atoms. The number of rotatable bonds is 6. The molecule has 0 aliphatic carbocycles. The summed E-state index contributed by atoms with van der Waals surface area (Å²) in [6.45, 7) is 8.73. The predicted molar refractivity (Wildman–Crippen MR) is 74.8 cm³/mol. The first-order chi connectivity index (χ1) is 8.88. The van der Waals surface area contributed by atoms with Crippen LogP contribution in [0.2, 0.25) is 0 Å². The highest BCUT2D eigenvalue weighted by molar-refractivity contribution is 7.91. The third-order valence-corrected chi connectivity index (χ3v) is 5.12. The van der Waals surface area contributed by atoms with Crippen molar-refractivity contribution >= 4 is 9.84 Å². The first-order valence-corrected chi connectivity index (χ1v) is 8.22. The van der Waals surface area contributed by atoms with Crippen molar-refractivity contribution in [2.75, 3.05) is 12.9 Å². The molecule has 0 aromatic carbocycles. The van der Waals surface area contributed by atoms with Gasteiger partial charge in [-0.3, -0.25) is 0 Å². The summed E-state index contributed by atoms with van der Waals surface area (Å²) in [7, 11) is -3.38. The number of ether oxygens (including phenoxy) is 1. The number of nitrogens with two attached hydrogens (primary N) is 1. The Labute approximate surface area is 119 Å². The van der Waals surface area contributed by atoms with Gasteiger partial charge < -0.3 is 15.0 Å². The van der Waals surface area contributed by atoms with E-state index in [1.165, 1.54) is 13.8 Å². The quantitative estimate of drug-likeness (QED) is 0.833. The first kappa shape index (κ1) is 17.1. The molecular weight excluding hydrogens is 282 g/mol. The molecular formula is C12H23N3O4S. The Balaban J connectivity index is 3.03. The lowest BCUT2D eigenvalue weighted by atomic mass is 10.0. The molecule has 7 nitrogen and oxygen atoms in total. The zero-order valence-corrected chi connectivity index (χ0v) is 13.6. The molecule has 0 saturated carbocycles. The maximum absolute atomic E-state index is 11.7. The molecule has 1 heterocycles. The minimum atomic E-state index is -3.38. The highest BCUT2D eigenvalue weighted by Crippen LogP contribution is 2.28. The Morgan fingerprint density at radius 2 is 1.90 bits per heavy atom. The lowest BCUT2D eigenvalue weighted by molar-refractivity contribution is 0.0410. The van der Waals surface area contributed by atoms with Crippen molar-refractivity contribution in [3.05, 3.63) is 11.7 Å². The number of nitrogens with zero attached hydrogens (tertiary/aromatic N) is 2. The van der Waals surface area contributed by atoms with E-state index in [-0.39, 0.29) is 24.4 Å². The van der Waals surface area contributed by atoms with Crippen LogP contribution in [0.4, 0.5) is 0 Å². The van der Waals surface area contributed by atoms with Gasteiger partial charge in [-0.25, -0.2) is 8.42 Å². The molecule has 0 aliphatic rings.